The van der Waals surface area contributed by atoms with Crippen LogP contribution in [0.2, 0.25) is 0 Å². The molecule has 2 aliphatic rings. The lowest BCUT2D eigenvalue weighted by Gasteiger charge is -2.40. The van der Waals surface area contributed by atoms with Crippen molar-refractivity contribution in [3.8, 4) is 44.8 Å². The molecule has 260 valence electrons. The highest BCUT2D eigenvalue weighted by atomic mass is 16.4. The Labute approximate surface area is 318 Å². The van der Waals surface area contributed by atoms with Gasteiger partial charge in [-0.1, -0.05) is 96.1 Å². The minimum atomic E-state index is -0.289. The quantitative estimate of drug-likeness (QED) is 0.170. The van der Waals surface area contributed by atoms with Crippen LogP contribution in [0.4, 0.5) is 17.1 Å². The molecule has 0 bridgehead atoms. The summed E-state index contributed by atoms with van der Waals surface area (Å²) in [6.45, 7) is 13.0. The lowest BCUT2D eigenvalue weighted by atomic mass is 9.49. The van der Waals surface area contributed by atoms with E-state index in [1.807, 2.05) is 0 Å². The fraction of sp³-hybridized carbons (Fsp3) is 0.120. The lowest BCUT2D eigenvalue weighted by molar-refractivity contribution is 0.590. The summed E-state index contributed by atoms with van der Waals surface area (Å²) in [7, 11) is 0. The Hall–Kier alpha value is -6.26. The van der Waals surface area contributed by atoms with Crippen molar-refractivity contribution in [3.63, 3.8) is 0 Å². The summed E-state index contributed by atoms with van der Waals surface area (Å²) in [5, 5.41) is 1.20. The van der Waals surface area contributed by atoms with Gasteiger partial charge in [-0.05, 0) is 146 Å². The van der Waals surface area contributed by atoms with Gasteiger partial charge in [0.15, 0.2) is 0 Å². The fourth-order valence-electron chi connectivity index (χ4n) is 9.58. The molecule has 0 spiro atoms. The van der Waals surface area contributed by atoms with E-state index in [2.05, 4.69) is 191 Å². The van der Waals surface area contributed by atoms with Crippen molar-refractivity contribution in [1.82, 2.24) is 4.57 Å². The third-order valence-corrected chi connectivity index (χ3v) is 11.5. The number of aromatic nitrogens is 1. The van der Waals surface area contributed by atoms with Crippen LogP contribution >= 0.6 is 0 Å². The van der Waals surface area contributed by atoms with Gasteiger partial charge in [0.1, 0.15) is 5.75 Å². The Balaban J connectivity index is 1.28. The first-order valence-electron chi connectivity index (χ1n) is 18.9. The molecule has 0 saturated heterocycles. The second-order valence-electron chi connectivity index (χ2n) is 15.3. The van der Waals surface area contributed by atoms with E-state index in [0.29, 0.717) is 0 Å². The predicted octanol–water partition coefficient (Wildman–Crippen LogP) is 11.8. The van der Waals surface area contributed by atoms with Gasteiger partial charge in [-0.3, -0.25) is 0 Å². The van der Waals surface area contributed by atoms with Gasteiger partial charge < -0.3 is 14.1 Å². The Morgan fingerprint density at radius 2 is 1.13 bits per heavy atom. The molecule has 7 aromatic carbocycles. The third kappa shape index (κ3) is 4.90. The summed E-state index contributed by atoms with van der Waals surface area (Å²) in [5.74, 6) is 0.920. The summed E-state index contributed by atoms with van der Waals surface area (Å²) >= 11 is 0. The average Bonchev–Trinajstić information content (AvgIpc) is 3.59. The predicted molar refractivity (Wildman–Crippen MR) is 228 cm³/mol. The molecular weight excluding hydrogens is 655 g/mol. The number of hydrogen-bond acceptors (Lipinski definition) is 2. The minimum Gasteiger partial charge on any atom is -0.551 e. The molecule has 0 fully saturated rings. The lowest BCUT2D eigenvalue weighted by Crippen LogP contribution is -2.56. The van der Waals surface area contributed by atoms with Crippen LogP contribution in [0.1, 0.15) is 33.4 Å². The molecule has 54 heavy (non-hydrogen) atoms. The first kappa shape index (κ1) is 32.4. The number of rotatable bonds is 4. The van der Waals surface area contributed by atoms with Crippen molar-refractivity contribution in [1.29, 1.82) is 0 Å². The Morgan fingerprint density at radius 3 is 1.81 bits per heavy atom. The number of fused-ring (bicyclic) bond motifs is 6. The minimum absolute atomic E-state index is 0.289. The normalized spacial score (nSPS) is 12.7. The molecule has 0 atom stereocenters. The number of para-hydroxylation sites is 2. The van der Waals surface area contributed by atoms with Crippen molar-refractivity contribution < 1.29 is 4.65 Å². The first-order valence-corrected chi connectivity index (χ1v) is 18.9. The molecule has 8 aromatic rings. The molecule has 0 radical (unpaired) electrons. The van der Waals surface area contributed by atoms with Gasteiger partial charge in [0, 0.05) is 39.7 Å². The molecule has 1 aromatic heterocycles. The van der Waals surface area contributed by atoms with E-state index < -0.39 is 0 Å². The molecule has 0 amide bonds. The topological polar surface area (TPSA) is 17.4 Å². The van der Waals surface area contributed by atoms with E-state index in [-0.39, 0.29) is 6.92 Å². The molecule has 4 heteroatoms. The molecule has 3 heterocycles. The van der Waals surface area contributed by atoms with Crippen molar-refractivity contribution >= 4 is 45.8 Å². The Morgan fingerprint density at radius 1 is 0.519 bits per heavy atom. The maximum Gasteiger partial charge on any atom is 0.431 e. The van der Waals surface area contributed by atoms with Crippen molar-refractivity contribution in [2.75, 3.05) is 4.90 Å². The van der Waals surface area contributed by atoms with Crippen LogP contribution in [0, 0.1) is 41.5 Å². The highest BCUT2D eigenvalue weighted by Crippen LogP contribution is 2.48. The highest BCUT2D eigenvalue weighted by Gasteiger charge is 2.44. The molecule has 3 nitrogen and oxygen atoms in total. The van der Waals surface area contributed by atoms with E-state index in [1.165, 1.54) is 83.0 Å². The standard InChI is InChI=1S/C50H41BN2O/c1-30-24-32(3)46(33(4)25-30)36-16-19-40(20-17-36)53-44-21-18-37(47-34(5)26-31(2)27-35(47)6)29-43(44)51-48-42(41-14-10-11-15-45(41)54-51)28-38-22-23-52(49(38)50(48)53)39-12-8-7-9-13-39/h7-29H,1-6H3. The summed E-state index contributed by atoms with van der Waals surface area (Å²) < 4.78 is 9.52. The summed E-state index contributed by atoms with van der Waals surface area (Å²) in [6.07, 6.45) is 2.22. The molecule has 0 saturated carbocycles. The number of anilines is 3. The molecule has 0 N–H and O–H groups in total. The monoisotopic (exact) mass is 696 g/mol. The average molecular weight is 697 g/mol. The molecule has 0 aliphatic carbocycles. The maximum absolute atomic E-state index is 7.17. The molecule has 10 rings (SSSR count). The number of hydrogen-bond donors (Lipinski definition) is 0. The first-order chi connectivity index (χ1) is 26.2. The smallest absolute Gasteiger partial charge is 0.431 e. The van der Waals surface area contributed by atoms with Crippen LogP contribution < -0.4 is 20.5 Å². The fourth-order valence-corrected chi connectivity index (χ4v) is 9.58. The van der Waals surface area contributed by atoms with Gasteiger partial charge in [-0.15, -0.1) is 0 Å². The van der Waals surface area contributed by atoms with Crippen molar-refractivity contribution in [2.45, 2.75) is 41.5 Å². The van der Waals surface area contributed by atoms with Crippen molar-refractivity contribution in [2.24, 2.45) is 0 Å². The van der Waals surface area contributed by atoms with E-state index in [0.717, 1.165) is 34.1 Å². The SMILES string of the molecule is Cc1cc(C)c(-c2ccc(N3c4ccc(-c5c(C)cc(C)cc5C)cc4B4Oc5ccccc5-c5cc6ccn(-c7ccccc7)c6c3c54)cc2)c(C)c1. The van der Waals surface area contributed by atoms with Crippen LogP contribution in [0.25, 0.3) is 50.0 Å². The summed E-state index contributed by atoms with van der Waals surface area (Å²) in [5.41, 5.74) is 23.2. The highest BCUT2D eigenvalue weighted by molar-refractivity contribution is 6.86. The van der Waals surface area contributed by atoms with Gasteiger partial charge in [0.25, 0.3) is 0 Å². The summed E-state index contributed by atoms with van der Waals surface area (Å²) in [6, 6.07) is 49.3. The second-order valence-corrected chi connectivity index (χ2v) is 15.3. The zero-order valence-corrected chi connectivity index (χ0v) is 31.7. The van der Waals surface area contributed by atoms with Gasteiger partial charge in [-0.2, -0.15) is 0 Å². The van der Waals surface area contributed by atoms with E-state index in [9.17, 15) is 0 Å². The Bertz CT molecular complexity index is 2770. The van der Waals surface area contributed by atoms with Gasteiger partial charge in [0.05, 0.1) is 11.2 Å². The van der Waals surface area contributed by atoms with E-state index >= 15 is 0 Å². The van der Waals surface area contributed by atoms with Gasteiger partial charge >= 0.3 is 6.92 Å². The largest absolute Gasteiger partial charge is 0.551 e. The van der Waals surface area contributed by atoms with Gasteiger partial charge in [0.2, 0.25) is 0 Å². The third-order valence-electron chi connectivity index (χ3n) is 11.5. The summed E-state index contributed by atoms with van der Waals surface area (Å²) in [4.78, 5) is 2.50. The molecular formula is C50H41BN2O. The van der Waals surface area contributed by atoms with Crippen LogP contribution in [-0.4, -0.2) is 11.5 Å². The zero-order valence-electron chi connectivity index (χ0n) is 31.7. The van der Waals surface area contributed by atoms with Crippen LogP contribution in [0.15, 0.2) is 140 Å². The maximum atomic E-state index is 7.17. The Kier molecular flexibility index (Phi) is 7.29. The van der Waals surface area contributed by atoms with E-state index in [1.54, 1.807) is 0 Å². The van der Waals surface area contributed by atoms with Crippen LogP contribution in [0.5, 0.6) is 5.75 Å². The van der Waals surface area contributed by atoms with Gasteiger partial charge in [-0.25, -0.2) is 0 Å². The van der Waals surface area contributed by atoms with E-state index in [4.69, 9.17) is 4.65 Å². The number of benzene rings is 7. The van der Waals surface area contributed by atoms with Crippen LogP contribution in [-0.2, 0) is 0 Å². The zero-order chi connectivity index (χ0) is 36.8. The van der Waals surface area contributed by atoms with Crippen molar-refractivity contribution in [3.05, 3.63) is 173 Å². The number of nitrogens with zero attached hydrogens (tertiary/aromatic N) is 2. The second kappa shape index (κ2) is 12.1. The van der Waals surface area contributed by atoms with Crippen LogP contribution in [0.3, 0.4) is 0 Å². The number of aryl methyl sites for hydroxylation is 6. The molecule has 2 aliphatic heterocycles. The molecule has 0 unspecified atom stereocenters.